The number of hydrogen-bond acceptors (Lipinski definition) is 2. The summed E-state index contributed by atoms with van der Waals surface area (Å²) in [5, 5.41) is 0. The maximum atomic E-state index is 12.9. The van der Waals surface area contributed by atoms with Gasteiger partial charge in [0.2, 0.25) is 0 Å². The summed E-state index contributed by atoms with van der Waals surface area (Å²) in [7, 11) is -1.86. The molecular formula is C19H26N2O2S. The van der Waals surface area contributed by atoms with Gasteiger partial charge in [0.15, 0.2) is 0 Å². The van der Waals surface area contributed by atoms with E-state index in [4.69, 9.17) is 0 Å². The molecule has 130 valence electrons. The highest BCUT2D eigenvalue weighted by Crippen LogP contribution is 2.15. The van der Waals surface area contributed by atoms with Crippen LogP contribution in [0.15, 0.2) is 60.7 Å². The van der Waals surface area contributed by atoms with Crippen molar-refractivity contribution in [2.24, 2.45) is 0 Å². The van der Waals surface area contributed by atoms with E-state index in [0.29, 0.717) is 19.5 Å². The third-order valence-electron chi connectivity index (χ3n) is 4.11. The number of hydrogen-bond donors (Lipinski definition) is 0. The molecule has 0 unspecified atom stereocenters. The highest BCUT2D eigenvalue weighted by atomic mass is 32.2. The Morgan fingerprint density at radius 3 is 1.88 bits per heavy atom. The zero-order valence-corrected chi connectivity index (χ0v) is 15.4. The van der Waals surface area contributed by atoms with E-state index in [1.165, 1.54) is 4.31 Å². The van der Waals surface area contributed by atoms with E-state index < -0.39 is 10.2 Å². The quantitative estimate of drug-likeness (QED) is 0.736. The van der Waals surface area contributed by atoms with Crippen molar-refractivity contribution in [3.63, 3.8) is 0 Å². The van der Waals surface area contributed by atoms with Gasteiger partial charge in [-0.25, -0.2) is 0 Å². The van der Waals surface area contributed by atoms with Crippen LogP contribution in [-0.4, -0.2) is 36.7 Å². The molecule has 0 aliphatic carbocycles. The highest BCUT2D eigenvalue weighted by Gasteiger charge is 2.28. The van der Waals surface area contributed by atoms with Gasteiger partial charge in [-0.15, -0.1) is 0 Å². The molecule has 0 amide bonds. The van der Waals surface area contributed by atoms with Crippen LogP contribution >= 0.6 is 0 Å². The monoisotopic (exact) mass is 346 g/mol. The molecule has 2 aromatic rings. The maximum Gasteiger partial charge on any atom is 0.282 e. The number of rotatable bonds is 8. The Balaban J connectivity index is 2.20. The Labute approximate surface area is 145 Å². The first-order valence-corrected chi connectivity index (χ1v) is 9.62. The minimum Gasteiger partial charge on any atom is -0.195 e. The molecule has 0 N–H and O–H groups in total. The van der Waals surface area contributed by atoms with Gasteiger partial charge in [0.05, 0.1) is 0 Å². The van der Waals surface area contributed by atoms with Gasteiger partial charge in [-0.1, -0.05) is 60.7 Å². The van der Waals surface area contributed by atoms with Crippen molar-refractivity contribution < 1.29 is 8.42 Å². The first-order valence-electron chi connectivity index (χ1n) is 8.22. The van der Waals surface area contributed by atoms with Crippen molar-refractivity contribution in [3.05, 3.63) is 71.8 Å². The highest BCUT2D eigenvalue weighted by molar-refractivity contribution is 7.86. The van der Waals surface area contributed by atoms with E-state index >= 15 is 0 Å². The average Bonchev–Trinajstić information content (AvgIpc) is 2.59. The third kappa shape index (κ3) is 4.90. The SMILES string of the molecule is CC(C)N(C)S(=O)(=O)N(CCc1ccccc1)Cc1ccccc1. The Bertz CT molecular complexity index is 716. The lowest BCUT2D eigenvalue weighted by molar-refractivity contribution is 0.332. The normalized spacial score (nSPS) is 12.2. The lowest BCUT2D eigenvalue weighted by Crippen LogP contribution is -2.45. The van der Waals surface area contributed by atoms with Crippen LogP contribution in [0.2, 0.25) is 0 Å². The summed E-state index contributed by atoms with van der Waals surface area (Å²) in [5.41, 5.74) is 2.13. The van der Waals surface area contributed by atoms with Gasteiger partial charge in [0, 0.05) is 26.2 Å². The van der Waals surface area contributed by atoms with Crippen molar-refractivity contribution in [1.29, 1.82) is 0 Å². The predicted molar refractivity (Wildman–Crippen MR) is 98.8 cm³/mol. The topological polar surface area (TPSA) is 40.6 Å². The van der Waals surface area contributed by atoms with Crippen LogP contribution in [0.4, 0.5) is 0 Å². The molecule has 4 nitrogen and oxygen atoms in total. The summed E-state index contributed by atoms with van der Waals surface area (Å²) in [6.45, 7) is 4.61. The first-order chi connectivity index (χ1) is 11.4. The van der Waals surface area contributed by atoms with E-state index in [1.807, 2.05) is 74.5 Å². The van der Waals surface area contributed by atoms with Crippen LogP contribution in [0.3, 0.4) is 0 Å². The molecule has 0 atom stereocenters. The molecule has 0 aliphatic heterocycles. The summed E-state index contributed by atoms with van der Waals surface area (Å²) >= 11 is 0. The van der Waals surface area contributed by atoms with Gasteiger partial charge < -0.3 is 0 Å². The van der Waals surface area contributed by atoms with E-state index in [2.05, 4.69) is 0 Å². The first kappa shape index (κ1) is 18.6. The maximum absolute atomic E-state index is 12.9. The number of benzene rings is 2. The van der Waals surface area contributed by atoms with Crippen molar-refractivity contribution >= 4 is 10.2 Å². The van der Waals surface area contributed by atoms with Gasteiger partial charge in [-0.2, -0.15) is 17.0 Å². The molecule has 2 rings (SSSR count). The number of nitrogens with zero attached hydrogens (tertiary/aromatic N) is 2. The van der Waals surface area contributed by atoms with Gasteiger partial charge in [-0.05, 0) is 31.4 Å². The van der Waals surface area contributed by atoms with Crippen LogP contribution in [0.25, 0.3) is 0 Å². The fourth-order valence-electron chi connectivity index (χ4n) is 2.41. The van der Waals surface area contributed by atoms with Crippen LogP contribution in [-0.2, 0) is 23.2 Å². The van der Waals surface area contributed by atoms with Gasteiger partial charge >= 0.3 is 0 Å². The molecule has 2 aromatic carbocycles. The Morgan fingerprint density at radius 1 is 0.875 bits per heavy atom. The second-order valence-electron chi connectivity index (χ2n) is 6.17. The summed E-state index contributed by atoms with van der Waals surface area (Å²) in [4.78, 5) is 0. The fraction of sp³-hybridized carbons (Fsp3) is 0.368. The van der Waals surface area contributed by atoms with Crippen LogP contribution in [0, 0.1) is 0 Å². The standard InChI is InChI=1S/C19H26N2O2S/c1-17(2)20(3)24(22,23)21(16-19-12-8-5-9-13-19)15-14-18-10-6-4-7-11-18/h4-13,17H,14-16H2,1-3H3. The Hall–Kier alpha value is -1.69. The summed E-state index contributed by atoms with van der Waals surface area (Å²) in [6, 6.07) is 19.6. The van der Waals surface area contributed by atoms with E-state index in [1.54, 1.807) is 11.4 Å². The summed E-state index contributed by atoms with van der Waals surface area (Å²) < 4.78 is 28.9. The Kier molecular flexibility index (Phi) is 6.54. The average molecular weight is 346 g/mol. The molecule has 0 radical (unpaired) electrons. The molecule has 0 saturated carbocycles. The third-order valence-corrected chi connectivity index (χ3v) is 6.23. The van der Waals surface area contributed by atoms with E-state index in [9.17, 15) is 8.42 Å². The lowest BCUT2D eigenvalue weighted by Gasteiger charge is -2.30. The smallest absolute Gasteiger partial charge is 0.195 e. The van der Waals surface area contributed by atoms with Crippen LogP contribution in [0.1, 0.15) is 25.0 Å². The van der Waals surface area contributed by atoms with Crippen molar-refractivity contribution in [2.75, 3.05) is 13.6 Å². The molecular weight excluding hydrogens is 320 g/mol. The summed E-state index contributed by atoms with van der Waals surface area (Å²) in [6.07, 6.45) is 0.693. The van der Waals surface area contributed by atoms with Crippen molar-refractivity contribution in [1.82, 2.24) is 8.61 Å². The second-order valence-corrected chi connectivity index (χ2v) is 8.16. The van der Waals surface area contributed by atoms with Gasteiger partial charge in [0.25, 0.3) is 10.2 Å². The molecule has 0 spiro atoms. The molecule has 0 bridgehead atoms. The second kappa shape index (κ2) is 8.42. The van der Waals surface area contributed by atoms with Crippen molar-refractivity contribution in [2.45, 2.75) is 32.9 Å². The molecule has 5 heteroatoms. The van der Waals surface area contributed by atoms with Crippen LogP contribution in [0.5, 0.6) is 0 Å². The molecule has 0 saturated heterocycles. The molecule has 0 heterocycles. The van der Waals surface area contributed by atoms with Crippen molar-refractivity contribution in [3.8, 4) is 0 Å². The summed E-state index contributed by atoms with van der Waals surface area (Å²) in [5.74, 6) is 0. The lowest BCUT2D eigenvalue weighted by atomic mass is 10.1. The largest absolute Gasteiger partial charge is 0.282 e. The van der Waals surface area contributed by atoms with Gasteiger partial charge in [-0.3, -0.25) is 0 Å². The Morgan fingerprint density at radius 2 is 1.38 bits per heavy atom. The van der Waals surface area contributed by atoms with Gasteiger partial charge in [0.1, 0.15) is 0 Å². The minimum atomic E-state index is -3.50. The molecule has 0 fully saturated rings. The molecule has 0 aromatic heterocycles. The molecule has 24 heavy (non-hydrogen) atoms. The minimum absolute atomic E-state index is 0.0787. The van der Waals surface area contributed by atoms with E-state index in [0.717, 1.165) is 11.1 Å². The van der Waals surface area contributed by atoms with Crippen LogP contribution < -0.4 is 0 Å². The zero-order valence-electron chi connectivity index (χ0n) is 14.6. The fourth-order valence-corrected chi connectivity index (χ4v) is 3.94. The predicted octanol–water partition coefficient (Wildman–Crippen LogP) is 3.32. The molecule has 0 aliphatic rings. The zero-order chi connectivity index (χ0) is 17.6. The van der Waals surface area contributed by atoms with E-state index in [-0.39, 0.29) is 6.04 Å².